The number of carbonyl (C=O) groups excluding carboxylic acids is 1. The molecule has 0 aromatic heterocycles. The van der Waals surface area contributed by atoms with Crippen molar-refractivity contribution in [3.8, 4) is 0 Å². The molecular formula is C11H22N2O2. The van der Waals surface area contributed by atoms with Gasteiger partial charge < -0.3 is 15.8 Å². The van der Waals surface area contributed by atoms with Crippen LogP contribution in [0.2, 0.25) is 0 Å². The quantitative estimate of drug-likeness (QED) is 0.706. The number of rotatable bonds is 5. The van der Waals surface area contributed by atoms with E-state index >= 15 is 0 Å². The summed E-state index contributed by atoms with van der Waals surface area (Å²) in [7, 11) is 0. The summed E-state index contributed by atoms with van der Waals surface area (Å²) in [6, 6.07) is 0.111. The van der Waals surface area contributed by atoms with Gasteiger partial charge >= 0.3 is 0 Å². The summed E-state index contributed by atoms with van der Waals surface area (Å²) in [4.78, 5) is 11.7. The second kappa shape index (κ2) is 6.08. The largest absolute Gasteiger partial charge is 0.376 e. The summed E-state index contributed by atoms with van der Waals surface area (Å²) in [5.41, 5.74) is 5.42. The van der Waals surface area contributed by atoms with Crippen molar-refractivity contribution in [1.29, 1.82) is 0 Å². The Balaban J connectivity index is 2.29. The molecule has 4 nitrogen and oxygen atoms in total. The highest BCUT2D eigenvalue weighted by molar-refractivity contribution is 5.78. The van der Waals surface area contributed by atoms with E-state index in [1.807, 2.05) is 13.8 Å². The molecule has 0 spiro atoms. The van der Waals surface area contributed by atoms with Gasteiger partial charge in [-0.25, -0.2) is 0 Å². The summed E-state index contributed by atoms with van der Waals surface area (Å²) in [5, 5.41) is 2.99. The van der Waals surface area contributed by atoms with Crippen molar-refractivity contribution < 1.29 is 9.53 Å². The molecule has 15 heavy (non-hydrogen) atoms. The number of hydrogen-bond acceptors (Lipinski definition) is 3. The summed E-state index contributed by atoms with van der Waals surface area (Å²) in [6.45, 7) is 5.29. The normalized spacial score (nSPS) is 24.9. The third kappa shape index (κ3) is 3.80. The van der Waals surface area contributed by atoms with Crippen molar-refractivity contribution in [2.75, 3.05) is 13.2 Å². The lowest BCUT2D eigenvalue weighted by molar-refractivity contribution is -0.126. The van der Waals surface area contributed by atoms with Crippen molar-refractivity contribution >= 4 is 5.91 Å². The topological polar surface area (TPSA) is 64.4 Å². The van der Waals surface area contributed by atoms with Crippen LogP contribution < -0.4 is 11.1 Å². The molecule has 0 bridgehead atoms. The zero-order chi connectivity index (χ0) is 11.3. The second-order valence-electron chi connectivity index (χ2n) is 4.33. The van der Waals surface area contributed by atoms with Gasteiger partial charge in [0.2, 0.25) is 5.91 Å². The first kappa shape index (κ1) is 12.5. The molecule has 3 unspecified atom stereocenters. The zero-order valence-electron chi connectivity index (χ0n) is 9.66. The highest BCUT2D eigenvalue weighted by Crippen LogP contribution is 2.15. The van der Waals surface area contributed by atoms with E-state index in [0.717, 1.165) is 25.9 Å². The van der Waals surface area contributed by atoms with E-state index in [-0.39, 0.29) is 24.0 Å². The van der Waals surface area contributed by atoms with Gasteiger partial charge in [0.15, 0.2) is 0 Å². The molecule has 0 aliphatic carbocycles. The summed E-state index contributed by atoms with van der Waals surface area (Å²) in [6.07, 6.45) is 3.08. The fourth-order valence-electron chi connectivity index (χ4n) is 1.84. The third-order valence-electron chi connectivity index (χ3n) is 2.94. The minimum atomic E-state index is -0.00106. The molecule has 0 saturated carbocycles. The molecule has 1 saturated heterocycles. The van der Waals surface area contributed by atoms with E-state index < -0.39 is 0 Å². The Labute approximate surface area is 91.5 Å². The minimum absolute atomic E-state index is 0.00106. The van der Waals surface area contributed by atoms with Gasteiger partial charge in [0.05, 0.1) is 12.1 Å². The zero-order valence-corrected chi connectivity index (χ0v) is 9.66. The third-order valence-corrected chi connectivity index (χ3v) is 2.94. The van der Waals surface area contributed by atoms with Crippen LogP contribution in [0.25, 0.3) is 0 Å². The van der Waals surface area contributed by atoms with Gasteiger partial charge in [-0.1, -0.05) is 6.92 Å². The molecule has 0 radical (unpaired) electrons. The maximum atomic E-state index is 11.7. The lowest BCUT2D eigenvalue weighted by atomic mass is 10.1. The minimum Gasteiger partial charge on any atom is -0.376 e. The van der Waals surface area contributed by atoms with E-state index in [1.165, 1.54) is 0 Å². The molecule has 0 aromatic carbocycles. The summed E-state index contributed by atoms with van der Waals surface area (Å²) in [5.74, 6) is 0.0855. The maximum absolute atomic E-state index is 11.7. The molecule has 4 heteroatoms. The maximum Gasteiger partial charge on any atom is 0.223 e. The number of ether oxygens (including phenoxy) is 1. The van der Waals surface area contributed by atoms with Crippen molar-refractivity contribution in [3.63, 3.8) is 0 Å². The number of nitrogens with one attached hydrogen (secondary N) is 1. The van der Waals surface area contributed by atoms with E-state index in [4.69, 9.17) is 10.5 Å². The first-order valence-corrected chi connectivity index (χ1v) is 5.77. The molecule has 3 atom stereocenters. The van der Waals surface area contributed by atoms with Gasteiger partial charge in [0, 0.05) is 12.5 Å². The van der Waals surface area contributed by atoms with Gasteiger partial charge in [-0.3, -0.25) is 4.79 Å². The monoisotopic (exact) mass is 214 g/mol. The van der Waals surface area contributed by atoms with Crippen LogP contribution in [0.5, 0.6) is 0 Å². The van der Waals surface area contributed by atoms with Gasteiger partial charge in [0.25, 0.3) is 0 Å². The van der Waals surface area contributed by atoms with Crippen LogP contribution in [-0.2, 0) is 9.53 Å². The van der Waals surface area contributed by atoms with Crippen LogP contribution in [0.1, 0.15) is 33.1 Å². The Morgan fingerprint density at radius 3 is 2.87 bits per heavy atom. The summed E-state index contributed by atoms with van der Waals surface area (Å²) < 4.78 is 5.52. The Bertz CT molecular complexity index is 203. The number of hydrogen-bond donors (Lipinski definition) is 2. The van der Waals surface area contributed by atoms with E-state index in [9.17, 15) is 4.79 Å². The molecule has 1 amide bonds. The summed E-state index contributed by atoms with van der Waals surface area (Å²) >= 11 is 0. The highest BCUT2D eigenvalue weighted by atomic mass is 16.5. The molecule has 1 heterocycles. The van der Waals surface area contributed by atoms with E-state index in [2.05, 4.69) is 5.32 Å². The van der Waals surface area contributed by atoms with Crippen molar-refractivity contribution in [2.24, 2.45) is 11.7 Å². The molecule has 1 aliphatic rings. The SMILES string of the molecule is CC(CCN)C(=O)NC(C)C1CCCO1. The van der Waals surface area contributed by atoms with Crippen LogP contribution in [0.3, 0.4) is 0 Å². The van der Waals surface area contributed by atoms with Crippen LogP contribution in [0.4, 0.5) is 0 Å². The van der Waals surface area contributed by atoms with Gasteiger partial charge in [-0.05, 0) is 32.7 Å². The van der Waals surface area contributed by atoms with Crippen LogP contribution in [-0.4, -0.2) is 31.2 Å². The number of amides is 1. The predicted octanol–water partition coefficient (Wildman–Crippen LogP) is 0.655. The average molecular weight is 214 g/mol. The molecule has 88 valence electrons. The van der Waals surface area contributed by atoms with E-state index in [1.54, 1.807) is 0 Å². The molecule has 1 fully saturated rings. The Kier molecular flexibility index (Phi) is 5.05. The molecule has 1 aliphatic heterocycles. The molecular weight excluding hydrogens is 192 g/mol. The van der Waals surface area contributed by atoms with Crippen molar-refractivity contribution in [1.82, 2.24) is 5.32 Å². The Morgan fingerprint density at radius 2 is 2.33 bits per heavy atom. The van der Waals surface area contributed by atoms with Gasteiger partial charge in [0.1, 0.15) is 0 Å². The van der Waals surface area contributed by atoms with Crippen molar-refractivity contribution in [3.05, 3.63) is 0 Å². The number of carbonyl (C=O) groups is 1. The van der Waals surface area contributed by atoms with Crippen LogP contribution >= 0.6 is 0 Å². The average Bonchev–Trinajstić information content (AvgIpc) is 2.70. The molecule has 1 rings (SSSR count). The lowest BCUT2D eigenvalue weighted by Crippen LogP contribution is -2.43. The van der Waals surface area contributed by atoms with Crippen LogP contribution in [0.15, 0.2) is 0 Å². The van der Waals surface area contributed by atoms with Crippen LogP contribution in [0, 0.1) is 5.92 Å². The Hall–Kier alpha value is -0.610. The van der Waals surface area contributed by atoms with Gasteiger partial charge in [-0.15, -0.1) is 0 Å². The molecule has 3 N–H and O–H groups in total. The first-order valence-electron chi connectivity index (χ1n) is 5.77. The van der Waals surface area contributed by atoms with E-state index in [0.29, 0.717) is 6.54 Å². The van der Waals surface area contributed by atoms with Crippen molar-refractivity contribution in [2.45, 2.75) is 45.3 Å². The smallest absolute Gasteiger partial charge is 0.223 e. The fourth-order valence-corrected chi connectivity index (χ4v) is 1.84. The first-order chi connectivity index (χ1) is 7.15. The van der Waals surface area contributed by atoms with Gasteiger partial charge in [-0.2, -0.15) is 0 Å². The highest BCUT2D eigenvalue weighted by Gasteiger charge is 2.24. The number of nitrogens with two attached hydrogens (primary N) is 1. The Morgan fingerprint density at radius 1 is 1.60 bits per heavy atom. The standard InChI is InChI=1S/C11H22N2O2/c1-8(5-6-12)11(14)13-9(2)10-4-3-7-15-10/h8-10H,3-7,12H2,1-2H3,(H,13,14). The lowest BCUT2D eigenvalue weighted by Gasteiger charge is -2.21. The fraction of sp³-hybridized carbons (Fsp3) is 0.909. The molecule has 0 aromatic rings. The second-order valence-corrected chi connectivity index (χ2v) is 4.33. The predicted molar refractivity (Wildman–Crippen MR) is 59.4 cm³/mol.